The summed E-state index contributed by atoms with van der Waals surface area (Å²) in [5.74, 6) is -1.96. The fraction of sp³-hybridized carbons (Fsp3) is 0.444. The van der Waals surface area contributed by atoms with Crippen LogP contribution >= 0.6 is 0 Å². The van der Waals surface area contributed by atoms with Gasteiger partial charge in [-0.3, -0.25) is 4.79 Å². The van der Waals surface area contributed by atoms with E-state index in [9.17, 15) is 19.5 Å². The number of alkyl carbamates (subject to hydrolysis) is 1. The number of carbonyl (C=O) groups is 3. The molecule has 8 nitrogen and oxygen atoms in total. The Hall–Kier alpha value is -3.39. The number of aliphatic carboxylic acids is 1. The van der Waals surface area contributed by atoms with Crippen molar-refractivity contribution in [2.45, 2.75) is 43.7 Å². The second-order valence-electron chi connectivity index (χ2n) is 9.63. The quantitative estimate of drug-likeness (QED) is 0.537. The second kappa shape index (κ2) is 10.9. The maximum atomic E-state index is 12.9. The van der Waals surface area contributed by atoms with Gasteiger partial charge in [0.15, 0.2) is 0 Å². The molecule has 0 saturated heterocycles. The number of carboxylic acid groups (broad SMARTS) is 1. The van der Waals surface area contributed by atoms with Crippen LogP contribution in [0.5, 0.6) is 0 Å². The fourth-order valence-electron chi connectivity index (χ4n) is 5.24. The molecule has 1 saturated carbocycles. The van der Waals surface area contributed by atoms with Crippen LogP contribution in [-0.4, -0.2) is 67.3 Å². The lowest BCUT2D eigenvalue weighted by atomic mass is 9.83. The maximum Gasteiger partial charge on any atom is 0.407 e. The normalized spacial score (nSPS) is 20.0. The summed E-state index contributed by atoms with van der Waals surface area (Å²) in [7, 11) is 3.51. The minimum absolute atomic E-state index is 0.0408. The SMILES string of the molecule is CN(C)C[C@H](NC(=O)C1CCCCC1NC(=O)OCC1c2ccccc2-c2ccccc21)C(=O)O. The molecule has 4 rings (SSSR count). The van der Waals surface area contributed by atoms with Gasteiger partial charge >= 0.3 is 12.1 Å². The fourth-order valence-corrected chi connectivity index (χ4v) is 5.24. The zero-order chi connectivity index (χ0) is 24.9. The summed E-state index contributed by atoms with van der Waals surface area (Å²) in [6.07, 6.45) is 2.42. The summed E-state index contributed by atoms with van der Waals surface area (Å²) >= 11 is 0. The topological polar surface area (TPSA) is 108 Å². The molecule has 0 aliphatic heterocycles. The van der Waals surface area contributed by atoms with Crippen LogP contribution in [0.3, 0.4) is 0 Å². The van der Waals surface area contributed by atoms with Crippen molar-refractivity contribution in [3.63, 3.8) is 0 Å². The first-order chi connectivity index (χ1) is 16.8. The third-order valence-corrected chi connectivity index (χ3v) is 6.91. The van der Waals surface area contributed by atoms with Gasteiger partial charge in [0.1, 0.15) is 12.6 Å². The summed E-state index contributed by atoms with van der Waals surface area (Å²) in [5, 5.41) is 15.0. The number of carbonyl (C=O) groups excluding carboxylic acids is 2. The molecule has 2 aromatic carbocycles. The Bertz CT molecular complexity index is 1040. The Labute approximate surface area is 205 Å². The monoisotopic (exact) mass is 479 g/mol. The third kappa shape index (κ3) is 5.65. The lowest BCUT2D eigenvalue weighted by Gasteiger charge is -2.32. The number of benzene rings is 2. The van der Waals surface area contributed by atoms with Crippen LogP contribution in [0, 0.1) is 5.92 Å². The predicted molar refractivity (Wildman–Crippen MR) is 132 cm³/mol. The van der Waals surface area contributed by atoms with Gasteiger partial charge in [-0.25, -0.2) is 9.59 Å². The van der Waals surface area contributed by atoms with Gasteiger partial charge in [-0.1, -0.05) is 61.4 Å². The first-order valence-corrected chi connectivity index (χ1v) is 12.1. The maximum absolute atomic E-state index is 12.9. The lowest BCUT2D eigenvalue weighted by molar-refractivity contribution is -0.143. The first kappa shape index (κ1) is 24.7. The van der Waals surface area contributed by atoms with Crippen LogP contribution in [0.1, 0.15) is 42.7 Å². The minimum Gasteiger partial charge on any atom is -0.480 e. The number of nitrogens with zero attached hydrogens (tertiary/aromatic N) is 1. The van der Waals surface area contributed by atoms with Gasteiger partial charge in [-0.2, -0.15) is 0 Å². The number of hydrogen-bond donors (Lipinski definition) is 3. The van der Waals surface area contributed by atoms with Crippen molar-refractivity contribution in [1.82, 2.24) is 15.5 Å². The third-order valence-electron chi connectivity index (χ3n) is 6.91. The van der Waals surface area contributed by atoms with Crippen molar-refractivity contribution in [1.29, 1.82) is 0 Å². The van der Waals surface area contributed by atoms with Crippen LogP contribution in [0.4, 0.5) is 4.79 Å². The summed E-state index contributed by atoms with van der Waals surface area (Å²) < 4.78 is 5.66. The molecule has 0 spiro atoms. The Morgan fingerprint density at radius 1 is 1.00 bits per heavy atom. The van der Waals surface area contributed by atoms with Gasteiger partial charge in [-0.05, 0) is 49.2 Å². The Kier molecular flexibility index (Phi) is 7.70. The van der Waals surface area contributed by atoms with E-state index in [1.54, 1.807) is 19.0 Å². The van der Waals surface area contributed by atoms with Gasteiger partial charge in [-0.15, -0.1) is 0 Å². The molecule has 0 radical (unpaired) electrons. The van der Waals surface area contributed by atoms with E-state index in [0.717, 1.165) is 35.1 Å². The average Bonchev–Trinajstić information content (AvgIpc) is 3.16. The van der Waals surface area contributed by atoms with E-state index in [-0.39, 0.29) is 25.0 Å². The first-order valence-electron chi connectivity index (χ1n) is 12.1. The summed E-state index contributed by atoms with van der Waals surface area (Å²) in [5.41, 5.74) is 4.59. The summed E-state index contributed by atoms with van der Waals surface area (Å²) in [6, 6.07) is 14.9. The Morgan fingerprint density at radius 2 is 1.60 bits per heavy atom. The second-order valence-corrected chi connectivity index (χ2v) is 9.63. The highest BCUT2D eigenvalue weighted by atomic mass is 16.5. The van der Waals surface area contributed by atoms with Crippen molar-refractivity contribution in [2.24, 2.45) is 5.92 Å². The summed E-state index contributed by atoms with van der Waals surface area (Å²) in [4.78, 5) is 39.0. The molecule has 2 aromatic rings. The smallest absolute Gasteiger partial charge is 0.407 e. The lowest BCUT2D eigenvalue weighted by Crippen LogP contribution is -2.53. The van der Waals surface area contributed by atoms with Crippen molar-refractivity contribution in [3.05, 3.63) is 59.7 Å². The van der Waals surface area contributed by atoms with E-state index in [1.165, 1.54) is 0 Å². The van der Waals surface area contributed by atoms with Gasteiger partial charge in [0.2, 0.25) is 5.91 Å². The zero-order valence-electron chi connectivity index (χ0n) is 20.2. The van der Waals surface area contributed by atoms with Gasteiger partial charge in [0.05, 0.1) is 5.92 Å². The number of rotatable bonds is 8. The molecule has 8 heteroatoms. The number of ether oxygens (including phenoxy) is 1. The largest absolute Gasteiger partial charge is 0.480 e. The number of likely N-dealkylation sites (N-methyl/N-ethyl adjacent to an activating group) is 1. The van der Waals surface area contributed by atoms with Crippen molar-refractivity contribution in [2.75, 3.05) is 27.2 Å². The van der Waals surface area contributed by atoms with E-state index >= 15 is 0 Å². The molecule has 35 heavy (non-hydrogen) atoms. The average molecular weight is 480 g/mol. The van der Waals surface area contributed by atoms with E-state index < -0.39 is 30.1 Å². The van der Waals surface area contributed by atoms with Crippen LogP contribution in [-0.2, 0) is 14.3 Å². The molecule has 2 aliphatic carbocycles. The van der Waals surface area contributed by atoms with Crippen molar-refractivity contribution >= 4 is 18.0 Å². The Morgan fingerprint density at radius 3 is 2.20 bits per heavy atom. The summed E-state index contributed by atoms with van der Waals surface area (Å²) in [6.45, 7) is 0.394. The molecule has 3 atom stereocenters. The molecule has 2 unspecified atom stereocenters. The molecular formula is C27H33N3O5. The number of nitrogens with one attached hydrogen (secondary N) is 2. The minimum atomic E-state index is -1.08. The van der Waals surface area contributed by atoms with Gasteiger partial charge in [0, 0.05) is 18.5 Å². The zero-order valence-corrected chi connectivity index (χ0v) is 20.2. The van der Waals surface area contributed by atoms with E-state index in [4.69, 9.17) is 4.74 Å². The molecule has 0 heterocycles. The van der Waals surface area contributed by atoms with E-state index in [0.29, 0.717) is 12.8 Å². The van der Waals surface area contributed by atoms with Crippen LogP contribution in [0.25, 0.3) is 11.1 Å². The van der Waals surface area contributed by atoms with E-state index in [2.05, 4.69) is 34.9 Å². The highest BCUT2D eigenvalue weighted by molar-refractivity contribution is 5.86. The number of carboxylic acids is 1. The van der Waals surface area contributed by atoms with Crippen molar-refractivity contribution in [3.8, 4) is 11.1 Å². The molecular weight excluding hydrogens is 446 g/mol. The van der Waals surface area contributed by atoms with Gasteiger partial charge < -0.3 is 25.4 Å². The number of hydrogen-bond acceptors (Lipinski definition) is 5. The highest BCUT2D eigenvalue weighted by Crippen LogP contribution is 2.44. The van der Waals surface area contributed by atoms with Crippen LogP contribution in [0.2, 0.25) is 0 Å². The molecule has 3 N–H and O–H groups in total. The molecule has 186 valence electrons. The van der Waals surface area contributed by atoms with Gasteiger partial charge in [0.25, 0.3) is 0 Å². The number of amides is 2. The van der Waals surface area contributed by atoms with E-state index in [1.807, 2.05) is 24.3 Å². The molecule has 0 bridgehead atoms. The van der Waals surface area contributed by atoms with Crippen LogP contribution in [0.15, 0.2) is 48.5 Å². The Balaban J connectivity index is 1.38. The molecule has 0 aromatic heterocycles. The number of fused-ring (bicyclic) bond motifs is 3. The standard InChI is InChI=1S/C27H33N3O5/c1-30(2)15-24(26(32)33)28-25(31)21-13-7-8-14-23(21)29-27(34)35-16-22-19-11-5-3-9-17(19)18-10-4-6-12-20(18)22/h3-6,9-12,21-24H,7-8,13-16H2,1-2H3,(H,28,31)(H,29,34)(H,32,33)/t21?,23?,24-/m0/s1. The molecule has 1 fully saturated rings. The highest BCUT2D eigenvalue weighted by Gasteiger charge is 2.35. The van der Waals surface area contributed by atoms with Crippen molar-refractivity contribution < 1.29 is 24.2 Å². The predicted octanol–water partition coefficient (Wildman–Crippen LogP) is 3.21. The molecule has 2 aliphatic rings. The molecule has 2 amide bonds. The van der Waals surface area contributed by atoms with Crippen LogP contribution < -0.4 is 10.6 Å².